The summed E-state index contributed by atoms with van der Waals surface area (Å²) in [5.41, 5.74) is 1.37. The second-order valence-corrected chi connectivity index (χ2v) is 5.09. The Hall–Kier alpha value is -1.68. The summed E-state index contributed by atoms with van der Waals surface area (Å²) < 4.78 is 19.1. The van der Waals surface area contributed by atoms with Gasteiger partial charge in [-0.1, -0.05) is 25.3 Å². The van der Waals surface area contributed by atoms with Gasteiger partial charge in [0.25, 0.3) is 0 Å². The number of aliphatic carboxylic acids is 1. The molecule has 0 radical (unpaired) electrons. The van der Waals surface area contributed by atoms with E-state index in [1.807, 2.05) is 0 Å². The molecule has 1 aliphatic carbocycles. The number of rotatable bonds is 5. The third-order valence-electron chi connectivity index (χ3n) is 3.54. The maximum absolute atomic E-state index is 13.2. The molecule has 0 bridgehead atoms. The lowest BCUT2D eigenvalue weighted by molar-refractivity contribution is -0.131. The molecule has 0 amide bonds. The van der Waals surface area contributed by atoms with Gasteiger partial charge in [0.15, 0.2) is 0 Å². The molecule has 108 valence electrons. The molecule has 0 atom stereocenters. The Morgan fingerprint density at radius 1 is 1.35 bits per heavy atom. The Labute approximate surface area is 118 Å². The van der Waals surface area contributed by atoms with E-state index < -0.39 is 5.97 Å². The normalized spacial score (nSPS) is 16.6. The molecule has 4 heteroatoms. The molecule has 1 fully saturated rings. The summed E-state index contributed by atoms with van der Waals surface area (Å²) in [6.07, 6.45) is 8.49. The van der Waals surface area contributed by atoms with Gasteiger partial charge in [0.05, 0.1) is 12.7 Å². The zero-order valence-corrected chi connectivity index (χ0v) is 11.3. The van der Waals surface area contributed by atoms with Crippen LogP contribution in [0.5, 0.6) is 0 Å². The molecule has 0 heterocycles. The van der Waals surface area contributed by atoms with Gasteiger partial charge >= 0.3 is 5.97 Å². The summed E-state index contributed by atoms with van der Waals surface area (Å²) in [6.45, 7) is 0.393. The SMILES string of the molecule is O=C(O)C=Cc1cc(F)ccc1COC1CCCCC1. The number of benzene rings is 1. The molecule has 0 aliphatic heterocycles. The summed E-state index contributed by atoms with van der Waals surface area (Å²) in [4.78, 5) is 10.6. The lowest BCUT2D eigenvalue weighted by Crippen LogP contribution is -2.16. The van der Waals surface area contributed by atoms with Gasteiger partial charge in [-0.05, 0) is 42.2 Å². The van der Waals surface area contributed by atoms with Crippen LogP contribution in [-0.2, 0) is 16.1 Å². The van der Waals surface area contributed by atoms with Gasteiger partial charge in [-0.2, -0.15) is 0 Å². The fourth-order valence-electron chi connectivity index (χ4n) is 2.45. The third-order valence-corrected chi connectivity index (χ3v) is 3.54. The van der Waals surface area contributed by atoms with Crippen molar-refractivity contribution in [2.24, 2.45) is 0 Å². The number of carbonyl (C=O) groups is 1. The van der Waals surface area contributed by atoms with E-state index in [1.165, 1.54) is 37.5 Å². The minimum absolute atomic E-state index is 0.269. The molecule has 2 rings (SSSR count). The average molecular weight is 278 g/mol. The van der Waals surface area contributed by atoms with Crippen LogP contribution in [0.25, 0.3) is 6.08 Å². The first-order chi connectivity index (χ1) is 9.65. The van der Waals surface area contributed by atoms with E-state index in [4.69, 9.17) is 9.84 Å². The zero-order chi connectivity index (χ0) is 14.4. The molecule has 1 saturated carbocycles. The average Bonchev–Trinajstić information content (AvgIpc) is 2.45. The van der Waals surface area contributed by atoms with E-state index in [0.29, 0.717) is 12.2 Å². The van der Waals surface area contributed by atoms with Gasteiger partial charge < -0.3 is 9.84 Å². The first-order valence-corrected chi connectivity index (χ1v) is 6.96. The monoisotopic (exact) mass is 278 g/mol. The fourth-order valence-corrected chi connectivity index (χ4v) is 2.45. The van der Waals surface area contributed by atoms with Crippen LogP contribution in [0.1, 0.15) is 43.2 Å². The molecule has 1 aromatic carbocycles. The predicted octanol–water partition coefficient (Wildman–Crippen LogP) is 3.77. The molecule has 0 saturated heterocycles. The van der Waals surface area contributed by atoms with Gasteiger partial charge in [-0.15, -0.1) is 0 Å². The highest BCUT2D eigenvalue weighted by atomic mass is 19.1. The molecular formula is C16H19FO3. The maximum atomic E-state index is 13.2. The molecule has 20 heavy (non-hydrogen) atoms. The maximum Gasteiger partial charge on any atom is 0.328 e. The molecule has 0 spiro atoms. The van der Waals surface area contributed by atoms with Crippen LogP contribution in [0.15, 0.2) is 24.3 Å². The quantitative estimate of drug-likeness (QED) is 0.834. The van der Waals surface area contributed by atoms with Crippen molar-refractivity contribution in [1.29, 1.82) is 0 Å². The number of carboxylic acids is 1. The smallest absolute Gasteiger partial charge is 0.328 e. The van der Waals surface area contributed by atoms with Gasteiger partial charge in [-0.25, -0.2) is 9.18 Å². The van der Waals surface area contributed by atoms with Crippen molar-refractivity contribution in [3.63, 3.8) is 0 Å². The highest BCUT2D eigenvalue weighted by molar-refractivity contribution is 5.85. The highest BCUT2D eigenvalue weighted by Crippen LogP contribution is 2.22. The van der Waals surface area contributed by atoms with Gasteiger partial charge in [0, 0.05) is 6.08 Å². The Bertz CT molecular complexity index is 490. The predicted molar refractivity (Wildman–Crippen MR) is 74.7 cm³/mol. The summed E-state index contributed by atoms with van der Waals surface area (Å²) in [6, 6.07) is 4.36. The van der Waals surface area contributed by atoms with E-state index in [1.54, 1.807) is 6.07 Å². The van der Waals surface area contributed by atoms with E-state index >= 15 is 0 Å². The number of ether oxygens (including phenoxy) is 1. The van der Waals surface area contributed by atoms with Crippen molar-refractivity contribution in [3.8, 4) is 0 Å². The van der Waals surface area contributed by atoms with E-state index in [2.05, 4.69) is 0 Å². The largest absolute Gasteiger partial charge is 0.478 e. The Balaban J connectivity index is 2.03. The molecular weight excluding hydrogens is 259 g/mol. The summed E-state index contributed by atoms with van der Waals surface area (Å²) in [5, 5.41) is 8.66. The molecule has 0 unspecified atom stereocenters. The summed E-state index contributed by atoms with van der Waals surface area (Å²) in [5.74, 6) is -1.43. The topological polar surface area (TPSA) is 46.5 Å². The van der Waals surface area contributed by atoms with Crippen LogP contribution >= 0.6 is 0 Å². The summed E-state index contributed by atoms with van der Waals surface area (Å²) in [7, 11) is 0. The zero-order valence-electron chi connectivity index (χ0n) is 11.3. The molecule has 0 aromatic heterocycles. The van der Waals surface area contributed by atoms with Crippen molar-refractivity contribution in [2.75, 3.05) is 0 Å². The molecule has 1 aliphatic rings. The first-order valence-electron chi connectivity index (χ1n) is 6.96. The lowest BCUT2D eigenvalue weighted by Gasteiger charge is -2.22. The van der Waals surface area contributed by atoms with Crippen LogP contribution in [0.2, 0.25) is 0 Å². The van der Waals surface area contributed by atoms with Crippen molar-refractivity contribution in [1.82, 2.24) is 0 Å². The van der Waals surface area contributed by atoms with Crippen LogP contribution in [-0.4, -0.2) is 17.2 Å². The van der Waals surface area contributed by atoms with Gasteiger partial charge in [0.1, 0.15) is 5.82 Å². The van der Waals surface area contributed by atoms with Crippen molar-refractivity contribution < 1.29 is 19.0 Å². The van der Waals surface area contributed by atoms with E-state index in [-0.39, 0.29) is 11.9 Å². The van der Waals surface area contributed by atoms with Crippen molar-refractivity contribution >= 4 is 12.0 Å². The second kappa shape index (κ2) is 7.20. The van der Waals surface area contributed by atoms with Gasteiger partial charge in [0.2, 0.25) is 0 Å². The van der Waals surface area contributed by atoms with Crippen LogP contribution in [0, 0.1) is 5.82 Å². The number of hydrogen-bond acceptors (Lipinski definition) is 2. The molecule has 3 nitrogen and oxygen atoms in total. The molecule has 1 N–H and O–H groups in total. The van der Waals surface area contributed by atoms with Crippen molar-refractivity contribution in [3.05, 3.63) is 41.2 Å². The number of hydrogen-bond donors (Lipinski definition) is 1. The van der Waals surface area contributed by atoms with Gasteiger partial charge in [-0.3, -0.25) is 0 Å². The lowest BCUT2D eigenvalue weighted by atomic mass is 9.97. The first kappa shape index (κ1) is 14.7. The highest BCUT2D eigenvalue weighted by Gasteiger charge is 2.14. The Kier molecular flexibility index (Phi) is 5.30. The van der Waals surface area contributed by atoms with Crippen LogP contribution in [0.3, 0.4) is 0 Å². The van der Waals surface area contributed by atoms with E-state index in [0.717, 1.165) is 24.5 Å². The summed E-state index contributed by atoms with van der Waals surface area (Å²) >= 11 is 0. The Morgan fingerprint density at radius 3 is 2.80 bits per heavy atom. The Morgan fingerprint density at radius 2 is 2.10 bits per heavy atom. The third kappa shape index (κ3) is 4.46. The molecule has 1 aromatic rings. The standard InChI is InChI=1S/C16H19FO3/c17-14-8-6-13(12(10-14)7-9-16(18)19)11-20-15-4-2-1-3-5-15/h6-10,15H,1-5,11H2,(H,18,19). The van der Waals surface area contributed by atoms with E-state index in [9.17, 15) is 9.18 Å². The van der Waals surface area contributed by atoms with Crippen LogP contribution < -0.4 is 0 Å². The van der Waals surface area contributed by atoms with Crippen molar-refractivity contribution in [2.45, 2.75) is 44.8 Å². The minimum atomic E-state index is -1.05. The second-order valence-electron chi connectivity index (χ2n) is 5.09. The van der Waals surface area contributed by atoms with Crippen LogP contribution in [0.4, 0.5) is 4.39 Å². The number of halogens is 1. The number of carboxylic acid groups (broad SMARTS) is 1. The fraction of sp³-hybridized carbons (Fsp3) is 0.438. The minimum Gasteiger partial charge on any atom is -0.478 e.